The van der Waals surface area contributed by atoms with Crippen molar-refractivity contribution in [2.45, 2.75) is 12.5 Å². The molecule has 0 aliphatic carbocycles. The first kappa shape index (κ1) is 14.5. The zero-order valence-corrected chi connectivity index (χ0v) is 13.7. The molecule has 100 valence electrons. The number of carbonyl (C=O) groups is 1. The van der Waals surface area contributed by atoms with Crippen molar-refractivity contribution in [3.8, 4) is 0 Å². The molecule has 0 radical (unpaired) electrons. The zero-order valence-electron chi connectivity index (χ0n) is 10.5. The summed E-state index contributed by atoms with van der Waals surface area (Å²) in [6.07, 6.45) is 0. The van der Waals surface area contributed by atoms with Gasteiger partial charge in [0.1, 0.15) is 5.69 Å². The van der Waals surface area contributed by atoms with Gasteiger partial charge in [-0.2, -0.15) is 0 Å². The second kappa shape index (κ2) is 6.01. The monoisotopic (exact) mass is 384 g/mol. The van der Waals surface area contributed by atoms with Crippen LogP contribution in [-0.4, -0.2) is 27.1 Å². The third-order valence-corrected chi connectivity index (χ3v) is 5.31. The average Bonchev–Trinajstić information content (AvgIpc) is 2.46. The fourth-order valence-corrected chi connectivity index (χ4v) is 2.84. The van der Waals surface area contributed by atoms with Crippen LogP contribution in [0.1, 0.15) is 17.4 Å². The molecule has 1 aromatic heterocycles. The molecular weight excluding hydrogens is 372 g/mol. The molecule has 1 amide bonds. The number of carbonyl (C=O) groups excluding carboxylic acids is 1. The van der Waals surface area contributed by atoms with E-state index in [1.807, 2.05) is 37.3 Å². The molecule has 1 N–H and O–H groups in total. The maximum Gasteiger partial charge on any atom is 0.270 e. The Balaban J connectivity index is 2.26. The van der Waals surface area contributed by atoms with Gasteiger partial charge in [0.05, 0.1) is 11.1 Å². The maximum absolute atomic E-state index is 12.2. The quantitative estimate of drug-likeness (QED) is 0.818. The molecule has 0 aliphatic heterocycles. The Morgan fingerprint density at radius 2 is 1.89 bits per heavy atom. The lowest BCUT2D eigenvalue weighted by molar-refractivity contribution is 0.0918. The third kappa shape index (κ3) is 3.34. The number of halogens is 2. The van der Waals surface area contributed by atoms with Crippen LogP contribution >= 0.6 is 31.9 Å². The summed E-state index contributed by atoms with van der Waals surface area (Å²) >= 11 is 6.82. The molecule has 0 atom stereocenters. The highest BCUT2D eigenvalue weighted by Crippen LogP contribution is 2.15. The summed E-state index contributed by atoms with van der Waals surface area (Å²) in [7, 11) is 0. The first-order valence-electron chi connectivity index (χ1n) is 5.88. The van der Waals surface area contributed by atoms with E-state index in [1.165, 1.54) is 0 Å². The minimum atomic E-state index is -0.329. The van der Waals surface area contributed by atoms with Gasteiger partial charge in [0.2, 0.25) is 0 Å². The normalized spacial score (nSPS) is 11.5. The van der Waals surface area contributed by atoms with E-state index in [0.717, 1.165) is 10.9 Å². The summed E-state index contributed by atoms with van der Waals surface area (Å²) in [6, 6.07) is 11.4. The number of alkyl halides is 2. The van der Waals surface area contributed by atoms with Crippen LogP contribution in [-0.2, 0) is 0 Å². The van der Waals surface area contributed by atoms with Crippen LogP contribution in [0.2, 0.25) is 0 Å². The molecular formula is C14H14Br2N2O. The number of nitrogens with one attached hydrogen (secondary N) is 1. The molecule has 19 heavy (non-hydrogen) atoms. The Morgan fingerprint density at radius 3 is 2.58 bits per heavy atom. The lowest BCUT2D eigenvalue weighted by atomic mass is 10.1. The Kier molecular flexibility index (Phi) is 4.58. The number of nitrogens with zero attached hydrogens (tertiary/aromatic N) is 1. The van der Waals surface area contributed by atoms with E-state index < -0.39 is 0 Å². The van der Waals surface area contributed by atoms with Crippen molar-refractivity contribution < 1.29 is 4.79 Å². The lowest BCUT2D eigenvalue weighted by Gasteiger charge is -2.26. The van der Waals surface area contributed by atoms with Crippen LogP contribution in [0, 0.1) is 0 Å². The van der Waals surface area contributed by atoms with Crippen molar-refractivity contribution in [2.75, 3.05) is 10.7 Å². The summed E-state index contributed by atoms with van der Waals surface area (Å²) in [4.78, 5) is 16.6. The Morgan fingerprint density at radius 1 is 1.21 bits per heavy atom. The maximum atomic E-state index is 12.2. The average molecular weight is 386 g/mol. The number of fused-ring (bicyclic) bond motifs is 1. The lowest BCUT2D eigenvalue weighted by Crippen LogP contribution is -2.49. The fourth-order valence-electron chi connectivity index (χ4n) is 1.63. The first-order valence-corrected chi connectivity index (χ1v) is 8.12. The van der Waals surface area contributed by atoms with E-state index >= 15 is 0 Å². The minimum Gasteiger partial charge on any atom is -0.344 e. The summed E-state index contributed by atoms with van der Waals surface area (Å²) in [6.45, 7) is 1.97. The molecule has 0 fully saturated rings. The molecule has 0 saturated carbocycles. The molecule has 1 heterocycles. The summed E-state index contributed by atoms with van der Waals surface area (Å²) in [5.41, 5.74) is 0.936. The van der Waals surface area contributed by atoms with E-state index in [9.17, 15) is 4.79 Å². The van der Waals surface area contributed by atoms with Crippen LogP contribution in [0.3, 0.4) is 0 Å². The minimum absolute atomic E-state index is 0.160. The number of rotatable bonds is 4. The topological polar surface area (TPSA) is 42.0 Å². The largest absolute Gasteiger partial charge is 0.344 e. The number of amides is 1. The SMILES string of the molecule is CC(CBr)(CBr)NC(=O)c1ccc2ccccc2n1. The second-order valence-corrected chi connectivity index (χ2v) is 5.79. The van der Waals surface area contributed by atoms with Gasteiger partial charge < -0.3 is 5.32 Å². The van der Waals surface area contributed by atoms with E-state index in [0.29, 0.717) is 16.4 Å². The van der Waals surface area contributed by atoms with Crippen LogP contribution in [0.25, 0.3) is 10.9 Å². The second-order valence-electron chi connectivity index (χ2n) is 4.67. The van der Waals surface area contributed by atoms with Crippen molar-refractivity contribution >= 4 is 48.7 Å². The highest BCUT2D eigenvalue weighted by atomic mass is 79.9. The Labute approximate surface area is 129 Å². The van der Waals surface area contributed by atoms with Crippen LogP contribution in [0.5, 0.6) is 0 Å². The molecule has 2 rings (SSSR count). The van der Waals surface area contributed by atoms with Crippen LogP contribution < -0.4 is 5.32 Å². The van der Waals surface area contributed by atoms with Gasteiger partial charge in [-0.15, -0.1) is 0 Å². The van der Waals surface area contributed by atoms with E-state index in [4.69, 9.17) is 0 Å². The first-order chi connectivity index (χ1) is 9.08. The summed E-state index contributed by atoms with van der Waals surface area (Å²) in [5, 5.41) is 5.35. The van der Waals surface area contributed by atoms with Gasteiger partial charge in [0, 0.05) is 16.0 Å². The van der Waals surface area contributed by atoms with Crippen molar-refractivity contribution in [3.63, 3.8) is 0 Å². The van der Waals surface area contributed by atoms with Gasteiger partial charge in [-0.25, -0.2) is 4.98 Å². The Bertz CT molecular complexity index is 597. The van der Waals surface area contributed by atoms with Crippen molar-refractivity contribution in [3.05, 3.63) is 42.1 Å². The molecule has 0 unspecified atom stereocenters. The summed E-state index contributed by atoms with van der Waals surface area (Å²) in [5.74, 6) is -0.160. The molecule has 0 spiro atoms. The molecule has 0 bridgehead atoms. The number of hydrogen-bond acceptors (Lipinski definition) is 2. The summed E-state index contributed by atoms with van der Waals surface area (Å²) < 4.78 is 0. The molecule has 0 saturated heterocycles. The highest BCUT2D eigenvalue weighted by molar-refractivity contribution is 9.09. The van der Waals surface area contributed by atoms with Crippen LogP contribution in [0.15, 0.2) is 36.4 Å². The van der Waals surface area contributed by atoms with Gasteiger partial charge >= 0.3 is 0 Å². The molecule has 5 heteroatoms. The van der Waals surface area contributed by atoms with Gasteiger partial charge in [0.15, 0.2) is 0 Å². The van der Waals surface area contributed by atoms with E-state index in [1.54, 1.807) is 6.07 Å². The molecule has 0 aliphatic rings. The standard InChI is InChI=1S/C14H14Br2N2O/c1-14(8-15,9-16)18-13(19)12-7-6-10-4-2-3-5-11(10)17-12/h2-7H,8-9H2,1H3,(H,18,19). The highest BCUT2D eigenvalue weighted by Gasteiger charge is 2.24. The van der Waals surface area contributed by atoms with Gasteiger partial charge in [-0.1, -0.05) is 56.1 Å². The van der Waals surface area contributed by atoms with Gasteiger partial charge in [0.25, 0.3) is 5.91 Å². The predicted octanol–water partition coefficient (Wildman–Crippen LogP) is 3.51. The predicted molar refractivity (Wildman–Crippen MR) is 85.2 cm³/mol. The molecule has 1 aromatic carbocycles. The fraction of sp³-hybridized carbons (Fsp3) is 0.286. The number of para-hydroxylation sites is 1. The van der Waals surface area contributed by atoms with Crippen molar-refractivity contribution in [1.29, 1.82) is 0 Å². The zero-order chi connectivity index (χ0) is 13.9. The van der Waals surface area contributed by atoms with Crippen LogP contribution in [0.4, 0.5) is 0 Å². The van der Waals surface area contributed by atoms with Crippen molar-refractivity contribution in [1.82, 2.24) is 10.3 Å². The van der Waals surface area contributed by atoms with Gasteiger partial charge in [-0.05, 0) is 19.1 Å². The Hall–Kier alpha value is -0.940. The van der Waals surface area contributed by atoms with Gasteiger partial charge in [-0.3, -0.25) is 4.79 Å². The van der Waals surface area contributed by atoms with E-state index in [-0.39, 0.29) is 11.4 Å². The third-order valence-electron chi connectivity index (χ3n) is 2.84. The number of benzene rings is 1. The number of pyridine rings is 1. The van der Waals surface area contributed by atoms with E-state index in [2.05, 4.69) is 42.2 Å². The molecule has 2 aromatic rings. The molecule has 3 nitrogen and oxygen atoms in total. The number of hydrogen-bond donors (Lipinski definition) is 1. The smallest absolute Gasteiger partial charge is 0.270 e. The number of aromatic nitrogens is 1. The van der Waals surface area contributed by atoms with Crippen molar-refractivity contribution in [2.24, 2.45) is 0 Å².